The lowest BCUT2D eigenvalue weighted by atomic mass is 10.0. The van der Waals surface area contributed by atoms with Gasteiger partial charge in [-0.15, -0.1) is 0 Å². The van der Waals surface area contributed by atoms with Gasteiger partial charge in [-0.1, -0.05) is 6.92 Å². The summed E-state index contributed by atoms with van der Waals surface area (Å²) in [6, 6.07) is 2.05. The van der Waals surface area contributed by atoms with E-state index in [9.17, 15) is 4.79 Å². The highest BCUT2D eigenvalue weighted by Gasteiger charge is 2.23. The molecule has 5 nitrogen and oxygen atoms in total. The van der Waals surface area contributed by atoms with E-state index in [4.69, 9.17) is 9.52 Å². The van der Waals surface area contributed by atoms with Crippen LogP contribution < -0.4 is 5.32 Å². The molecule has 0 spiro atoms. The van der Waals surface area contributed by atoms with E-state index in [1.807, 2.05) is 0 Å². The van der Waals surface area contributed by atoms with Gasteiger partial charge >= 0.3 is 5.97 Å². The number of hydrogen-bond acceptors (Lipinski definition) is 4. The topological polar surface area (TPSA) is 65.7 Å². The van der Waals surface area contributed by atoms with Crippen LogP contribution in [0.25, 0.3) is 0 Å². The molecule has 0 radical (unpaired) electrons. The van der Waals surface area contributed by atoms with Crippen LogP contribution in [-0.4, -0.2) is 41.7 Å². The third kappa shape index (κ3) is 3.58. The number of rotatable bonds is 6. The van der Waals surface area contributed by atoms with Gasteiger partial charge in [-0.3, -0.25) is 4.90 Å². The van der Waals surface area contributed by atoms with Crippen LogP contribution in [0.15, 0.2) is 16.7 Å². The average Bonchev–Trinajstić information content (AvgIpc) is 2.88. The number of carbonyl (C=O) groups is 1. The van der Waals surface area contributed by atoms with Gasteiger partial charge in [0.25, 0.3) is 0 Å². The van der Waals surface area contributed by atoms with Crippen molar-refractivity contribution in [2.45, 2.75) is 38.8 Å². The molecular formula is C14H22N2O3. The number of nitrogens with zero attached hydrogens (tertiary/aromatic N) is 1. The molecule has 1 aliphatic heterocycles. The monoisotopic (exact) mass is 266 g/mol. The second-order valence-corrected chi connectivity index (χ2v) is 5.01. The van der Waals surface area contributed by atoms with Crippen LogP contribution >= 0.6 is 0 Å². The van der Waals surface area contributed by atoms with Crippen molar-refractivity contribution in [2.75, 3.05) is 19.6 Å². The first-order chi connectivity index (χ1) is 9.22. The second-order valence-electron chi connectivity index (χ2n) is 5.01. The number of piperidine rings is 1. The van der Waals surface area contributed by atoms with Gasteiger partial charge in [0.2, 0.25) is 0 Å². The van der Waals surface area contributed by atoms with Crippen LogP contribution in [0.3, 0.4) is 0 Å². The van der Waals surface area contributed by atoms with E-state index in [0.717, 1.165) is 38.9 Å². The molecule has 0 aliphatic carbocycles. The van der Waals surface area contributed by atoms with Crippen molar-refractivity contribution in [3.63, 3.8) is 0 Å². The largest absolute Gasteiger partial charge is 0.478 e. The standard InChI is InChI=1S/C14H22N2O3/c1-2-8-16(11-3-6-15-7-4-11)10-13-12(14(17)18)5-9-19-13/h5,9,11,15H,2-4,6-8,10H2,1H3,(H,17,18). The second kappa shape index (κ2) is 6.73. The third-order valence-electron chi connectivity index (χ3n) is 3.66. The van der Waals surface area contributed by atoms with E-state index in [2.05, 4.69) is 17.1 Å². The lowest BCUT2D eigenvalue weighted by Gasteiger charge is -2.34. The van der Waals surface area contributed by atoms with E-state index in [1.165, 1.54) is 12.3 Å². The summed E-state index contributed by atoms with van der Waals surface area (Å²) in [4.78, 5) is 13.5. The molecule has 1 aliphatic rings. The summed E-state index contributed by atoms with van der Waals surface area (Å²) in [5, 5.41) is 12.5. The van der Waals surface area contributed by atoms with E-state index >= 15 is 0 Å². The Balaban J connectivity index is 2.06. The number of carboxylic acid groups (broad SMARTS) is 1. The fourth-order valence-electron chi connectivity index (χ4n) is 2.69. The number of hydrogen-bond donors (Lipinski definition) is 2. The zero-order chi connectivity index (χ0) is 13.7. The maximum absolute atomic E-state index is 11.1. The molecule has 0 saturated carbocycles. The third-order valence-corrected chi connectivity index (χ3v) is 3.66. The van der Waals surface area contributed by atoms with Crippen LogP contribution in [0.2, 0.25) is 0 Å². The van der Waals surface area contributed by atoms with Crippen LogP contribution in [-0.2, 0) is 6.54 Å². The molecule has 0 aromatic carbocycles. The summed E-state index contributed by atoms with van der Waals surface area (Å²) in [7, 11) is 0. The minimum absolute atomic E-state index is 0.287. The zero-order valence-corrected chi connectivity index (χ0v) is 11.4. The van der Waals surface area contributed by atoms with E-state index < -0.39 is 5.97 Å². The lowest BCUT2D eigenvalue weighted by molar-refractivity contribution is 0.0690. The highest BCUT2D eigenvalue weighted by Crippen LogP contribution is 2.19. The molecule has 0 unspecified atom stereocenters. The predicted molar refractivity (Wildman–Crippen MR) is 72.3 cm³/mol. The molecule has 2 N–H and O–H groups in total. The van der Waals surface area contributed by atoms with Gasteiger partial charge in [0, 0.05) is 6.04 Å². The molecule has 2 heterocycles. The van der Waals surface area contributed by atoms with Crippen LogP contribution in [0.4, 0.5) is 0 Å². The quantitative estimate of drug-likeness (QED) is 0.823. The van der Waals surface area contributed by atoms with Crippen molar-refractivity contribution in [1.82, 2.24) is 10.2 Å². The smallest absolute Gasteiger partial charge is 0.339 e. The number of carboxylic acids is 1. The van der Waals surface area contributed by atoms with E-state index in [-0.39, 0.29) is 5.56 Å². The van der Waals surface area contributed by atoms with Crippen LogP contribution in [0.5, 0.6) is 0 Å². The molecule has 0 atom stereocenters. The highest BCUT2D eigenvalue weighted by molar-refractivity contribution is 5.88. The minimum Gasteiger partial charge on any atom is -0.478 e. The number of aromatic carboxylic acids is 1. The summed E-state index contributed by atoms with van der Waals surface area (Å²) < 4.78 is 5.36. The van der Waals surface area contributed by atoms with Crippen molar-refractivity contribution in [2.24, 2.45) is 0 Å². The molecule has 1 aromatic heterocycles. The number of nitrogens with one attached hydrogen (secondary N) is 1. The molecule has 19 heavy (non-hydrogen) atoms. The van der Waals surface area contributed by atoms with E-state index in [0.29, 0.717) is 18.3 Å². The van der Waals surface area contributed by atoms with Crippen molar-refractivity contribution in [3.05, 3.63) is 23.7 Å². The summed E-state index contributed by atoms with van der Waals surface area (Å²) in [6.45, 7) is 5.79. The molecule has 5 heteroatoms. The van der Waals surface area contributed by atoms with Crippen LogP contribution in [0, 0.1) is 0 Å². The molecule has 2 rings (SSSR count). The van der Waals surface area contributed by atoms with E-state index in [1.54, 1.807) is 0 Å². The summed E-state index contributed by atoms with van der Waals surface area (Å²) in [5.74, 6) is -0.343. The Hall–Kier alpha value is -1.33. The van der Waals surface area contributed by atoms with Crippen LogP contribution in [0.1, 0.15) is 42.3 Å². The van der Waals surface area contributed by atoms with Crippen molar-refractivity contribution < 1.29 is 14.3 Å². The first-order valence-electron chi connectivity index (χ1n) is 6.96. The van der Waals surface area contributed by atoms with Gasteiger partial charge in [-0.25, -0.2) is 4.79 Å². The van der Waals surface area contributed by atoms with Gasteiger partial charge in [0.15, 0.2) is 0 Å². The fourth-order valence-corrected chi connectivity index (χ4v) is 2.69. The van der Waals surface area contributed by atoms with Gasteiger partial charge in [0.05, 0.1) is 12.8 Å². The number of furan rings is 1. The minimum atomic E-state index is -0.912. The van der Waals surface area contributed by atoms with Gasteiger partial charge in [0.1, 0.15) is 11.3 Å². The van der Waals surface area contributed by atoms with Crippen molar-refractivity contribution in [3.8, 4) is 0 Å². The maximum atomic E-state index is 11.1. The van der Waals surface area contributed by atoms with Gasteiger partial charge < -0.3 is 14.8 Å². The Kier molecular flexibility index (Phi) is 4.99. The summed E-state index contributed by atoms with van der Waals surface area (Å²) >= 11 is 0. The zero-order valence-electron chi connectivity index (χ0n) is 11.4. The fraction of sp³-hybridized carbons (Fsp3) is 0.643. The highest BCUT2D eigenvalue weighted by atomic mass is 16.4. The van der Waals surface area contributed by atoms with Gasteiger partial charge in [-0.05, 0) is 45.0 Å². The molecule has 1 saturated heterocycles. The Morgan fingerprint density at radius 2 is 2.26 bits per heavy atom. The Morgan fingerprint density at radius 3 is 2.89 bits per heavy atom. The molecule has 106 valence electrons. The lowest BCUT2D eigenvalue weighted by Crippen LogP contribution is -2.43. The maximum Gasteiger partial charge on any atom is 0.339 e. The Bertz CT molecular complexity index is 411. The SMILES string of the molecule is CCCN(Cc1occc1C(=O)O)C1CCNCC1. The van der Waals surface area contributed by atoms with Gasteiger partial charge in [-0.2, -0.15) is 0 Å². The molecule has 0 bridgehead atoms. The summed E-state index contributed by atoms with van der Waals surface area (Å²) in [6.07, 6.45) is 4.75. The molecule has 1 aromatic rings. The van der Waals surface area contributed by atoms with Crippen molar-refractivity contribution >= 4 is 5.97 Å². The Morgan fingerprint density at radius 1 is 1.53 bits per heavy atom. The molecular weight excluding hydrogens is 244 g/mol. The first kappa shape index (κ1) is 14.1. The predicted octanol–water partition coefficient (Wildman–Crippen LogP) is 1.94. The average molecular weight is 266 g/mol. The molecule has 1 fully saturated rings. The Labute approximate surface area is 113 Å². The van der Waals surface area contributed by atoms with Crippen molar-refractivity contribution in [1.29, 1.82) is 0 Å². The normalized spacial score (nSPS) is 16.9. The summed E-state index contributed by atoms with van der Waals surface area (Å²) in [5.41, 5.74) is 0.287. The first-order valence-corrected chi connectivity index (χ1v) is 6.96. The molecule has 0 amide bonds.